The van der Waals surface area contributed by atoms with E-state index in [0.29, 0.717) is 0 Å². The second-order valence-corrected chi connectivity index (χ2v) is 2.55. The molecule has 0 atom stereocenters. The van der Waals surface area contributed by atoms with E-state index in [1.54, 1.807) is 0 Å². The van der Waals surface area contributed by atoms with Crippen molar-refractivity contribution < 1.29 is 0 Å². The van der Waals surface area contributed by atoms with Crippen LogP contribution in [-0.2, 0) is 0 Å². The predicted octanol–water partition coefficient (Wildman–Crippen LogP) is 2.35. The molecule has 10 heavy (non-hydrogen) atoms. The minimum Gasteiger partial charge on any atom is -0.344 e. The number of rotatable bonds is 2. The Morgan fingerprint density at radius 1 is 1.20 bits per heavy atom. The van der Waals surface area contributed by atoms with E-state index in [4.69, 9.17) is 0 Å². The molecule has 0 aliphatic heterocycles. The molecule has 0 aromatic carbocycles. The maximum atomic E-state index is 3.68. The van der Waals surface area contributed by atoms with Crippen LogP contribution in [0.3, 0.4) is 0 Å². The highest BCUT2D eigenvalue weighted by Crippen LogP contribution is 1.87. The fourth-order valence-electron chi connectivity index (χ4n) is 0.250. The highest BCUT2D eigenvalue weighted by molar-refractivity contribution is 4.35. The first-order valence-corrected chi connectivity index (χ1v) is 3.55. The minimum absolute atomic E-state index is 0. The van der Waals surface area contributed by atoms with Gasteiger partial charge in [0.25, 0.3) is 0 Å². The van der Waals surface area contributed by atoms with Gasteiger partial charge in [0, 0.05) is 0 Å². The first-order valence-electron chi connectivity index (χ1n) is 3.55. The molecule has 2 heteroatoms. The summed E-state index contributed by atoms with van der Waals surface area (Å²) in [5.74, 6) is 0. The lowest BCUT2D eigenvalue weighted by Gasteiger charge is -1.90. The predicted molar refractivity (Wildman–Crippen MR) is 49.5 cm³/mol. The Labute approximate surface area is 66.2 Å². The zero-order chi connectivity index (χ0) is 7.70. The van der Waals surface area contributed by atoms with Crippen LogP contribution >= 0.6 is 0 Å². The van der Waals surface area contributed by atoms with E-state index in [-0.39, 0.29) is 6.15 Å². The SMILES string of the molecule is CN(C)C.N.[CH2]CCCC. The standard InChI is InChI=1S/C5H11.C3H9N.H3N/c1-3-5-4-2;1-4(2)3;/h1,3-5H2,2H3;1-3H3;1H3. The summed E-state index contributed by atoms with van der Waals surface area (Å²) in [7, 11) is 6.00. The lowest BCUT2D eigenvalue weighted by Crippen LogP contribution is -1.99. The van der Waals surface area contributed by atoms with Crippen LogP contribution in [0.5, 0.6) is 0 Å². The summed E-state index contributed by atoms with van der Waals surface area (Å²) in [4.78, 5) is 2.00. The number of hydrogen-bond donors (Lipinski definition) is 1. The van der Waals surface area contributed by atoms with Crippen molar-refractivity contribution in [2.45, 2.75) is 26.2 Å². The molecule has 0 aliphatic carbocycles. The Morgan fingerprint density at radius 2 is 1.50 bits per heavy atom. The third-order valence-corrected chi connectivity index (χ3v) is 0.604. The van der Waals surface area contributed by atoms with Gasteiger partial charge in [-0.3, -0.25) is 0 Å². The van der Waals surface area contributed by atoms with Crippen LogP contribution in [0.15, 0.2) is 0 Å². The molecule has 0 saturated carbocycles. The average Bonchev–Trinajstić information content (AvgIpc) is 1.66. The molecule has 0 spiro atoms. The van der Waals surface area contributed by atoms with Crippen molar-refractivity contribution in [2.24, 2.45) is 0 Å². The van der Waals surface area contributed by atoms with Gasteiger partial charge in [-0.1, -0.05) is 33.1 Å². The molecule has 3 N–H and O–H groups in total. The lowest BCUT2D eigenvalue weighted by atomic mass is 10.3. The van der Waals surface area contributed by atoms with E-state index in [9.17, 15) is 0 Å². The van der Waals surface area contributed by atoms with Crippen molar-refractivity contribution >= 4 is 0 Å². The second-order valence-electron chi connectivity index (χ2n) is 2.55. The van der Waals surface area contributed by atoms with Gasteiger partial charge in [0.1, 0.15) is 0 Å². The Hall–Kier alpha value is -0.0800. The van der Waals surface area contributed by atoms with Gasteiger partial charge in [-0.05, 0) is 21.1 Å². The Kier molecular flexibility index (Phi) is 26.3. The van der Waals surface area contributed by atoms with Gasteiger partial charge in [0.05, 0.1) is 0 Å². The fourth-order valence-corrected chi connectivity index (χ4v) is 0.250. The summed E-state index contributed by atoms with van der Waals surface area (Å²) in [6.07, 6.45) is 3.65. The monoisotopic (exact) mass is 147 g/mol. The summed E-state index contributed by atoms with van der Waals surface area (Å²) in [6.45, 7) is 5.85. The van der Waals surface area contributed by atoms with Crippen LogP contribution in [0.25, 0.3) is 0 Å². The third kappa shape index (κ3) is 103. The van der Waals surface area contributed by atoms with Gasteiger partial charge >= 0.3 is 0 Å². The second kappa shape index (κ2) is 16.0. The van der Waals surface area contributed by atoms with Crippen molar-refractivity contribution in [3.63, 3.8) is 0 Å². The lowest BCUT2D eigenvalue weighted by molar-refractivity contribution is 0.505. The summed E-state index contributed by atoms with van der Waals surface area (Å²) in [6, 6.07) is 0. The topological polar surface area (TPSA) is 38.2 Å². The maximum Gasteiger partial charge on any atom is -0.0140 e. The van der Waals surface area contributed by atoms with E-state index >= 15 is 0 Å². The molecule has 0 aromatic rings. The molecule has 0 aliphatic rings. The number of unbranched alkanes of at least 4 members (excludes halogenated alkanes) is 2. The van der Waals surface area contributed by atoms with Gasteiger partial charge < -0.3 is 11.1 Å². The zero-order valence-electron chi connectivity index (χ0n) is 7.98. The molecule has 0 aromatic heterocycles. The quantitative estimate of drug-likeness (QED) is 0.651. The van der Waals surface area contributed by atoms with E-state index < -0.39 is 0 Å². The molecular formula is C8H23N2. The molecule has 0 rings (SSSR count). The highest BCUT2D eigenvalue weighted by atomic mass is 15.0. The molecule has 0 bridgehead atoms. The van der Waals surface area contributed by atoms with Crippen LogP contribution in [0.1, 0.15) is 26.2 Å². The third-order valence-electron chi connectivity index (χ3n) is 0.604. The van der Waals surface area contributed by atoms with E-state index in [1.807, 2.05) is 26.0 Å². The van der Waals surface area contributed by atoms with Crippen LogP contribution in [0.2, 0.25) is 0 Å². The van der Waals surface area contributed by atoms with Gasteiger partial charge in [-0.25, -0.2) is 0 Å². The Bertz CT molecular complexity index is 31.5. The van der Waals surface area contributed by atoms with Gasteiger partial charge in [-0.2, -0.15) is 0 Å². The van der Waals surface area contributed by atoms with Crippen molar-refractivity contribution in [1.29, 1.82) is 0 Å². The zero-order valence-corrected chi connectivity index (χ0v) is 7.98. The van der Waals surface area contributed by atoms with Crippen LogP contribution in [-0.4, -0.2) is 26.0 Å². The smallest absolute Gasteiger partial charge is 0.0140 e. The van der Waals surface area contributed by atoms with Crippen LogP contribution in [0.4, 0.5) is 0 Å². The van der Waals surface area contributed by atoms with Gasteiger partial charge in [0.15, 0.2) is 0 Å². The molecule has 0 heterocycles. The summed E-state index contributed by atoms with van der Waals surface area (Å²) < 4.78 is 0. The van der Waals surface area contributed by atoms with E-state index in [1.165, 1.54) is 12.8 Å². The normalized spacial score (nSPS) is 7.80. The molecule has 2 nitrogen and oxygen atoms in total. The molecule has 0 fully saturated rings. The summed E-state index contributed by atoms with van der Waals surface area (Å²) in [5.41, 5.74) is 0. The van der Waals surface area contributed by atoms with E-state index in [0.717, 1.165) is 6.42 Å². The van der Waals surface area contributed by atoms with Gasteiger partial charge in [0.2, 0.25) is 0 Å². The number of nitrogens with zero attached hydrogens (tertiary/aromatic N) is 1. The molecule has 0 saturated heterocycles. The Balaban J connectivity index is -0.0000000910. The Morgan fingerprint density at radius 3 is 1.50 bits per heavy atom. The van der Waals surface area contributed by atoms with Crippen molar-refractivity contribution in [3.8, 4) is 0 Å². The maximum absolute atomic E-state index is 3.68. The minimum atomic E-state index is 0. The summed E-state index contributed by atoms with van der Waals surface area (Å²) >= 11 is 0. The fraction of sp³-hybridized carbons (Fsp3) is 0.875. The molecule has 0 amide bonds. The first-order chi connectivity index (χ1) is 4.15. The molecule has 0 unspecified atom stereocenters. The van der Waals surface area contributed by atoms with Crippen molar-refractivity contribution in [1.82, 2.24) is 11.1 Å². The van der Waals surface area contributed by atoms with Crippen LogP contribution < -0.4 is 6.15 Å². The molecule has 1 radical (unpaired) electrons. The van der Waals surface area contributed by atoms with E-state index in [2.05, 4.69) is 13.8 Å². The molecular weight excluding hydrogens is 124 g/mol. The van der Waals surface area contributed by atoms with Crippen molar-refractivity contribution in [2.75, 3.05) is 21.1 Å². The van der Waals surface area contributed by atoms with Crippen LogP contribution in [0, 0.1) is 6.92 Å². The first kappa shape index (κ1) is 16.5. The van der Waals surface area contributed by atoms with Crippen molar-refractivity contribution in [3.05, 3.63) is 6.92 Å². The highest BCUT2D eigenvalue weighted by Gasteiger charge is 1.68. The number of hydrogen-bond acceptors (Lipinski definition) is 2. The van der Waals surface area contributed by atoms with Gasteiger partial charge in [-0.15, -0.1) is 0 Å². The molecule has 65 valence electrons. The largest absolute Gasteiger partial charge is 0.344 e. The summed E-state index contributed by atoms with van der Waals surface area (Å²) in [5, 5.41) is 0. The average molecular weight is 147 g/mol.